The van der Waals surface area contributed by atoms with Crippen molar-refractivity contribution in [3.63, 3.8) is 0 Å². The van der Waals surface area contributed by atoms with Crippen LogP contribution in [0.3, 0.4) is 0 Å². The Morgan fingerprint density at radius 2 is 2.05 bits per heavy atom. The van der Waals surface area contributed by atoms with Gasteiger partial charge in [0.25, 0.3) is 5.91 Å². The summed E-state index contributed by atoms with van der Waals surface area (Å²) in [5.41, 5.74) is 3.12. The van der Waals surface area contributed by atoms with Crippen molar-refractivity contribution in [3.05, 3.63) is 34.9 Å². The normalized spacial score (nSPS) is 17.1. The fraction of sp³-hybridized carbons (Fsp3) is 0.611. The van der Waals surface area contributed by atoms with Gasteiger partial charge in [-0.05, 0) is 43.5 Å². The highest BCUT2D eigenvalue weighted by Crippen LogP contribution is 2.17. The van der Waals surface area contributed by atoms with Gasteiger partial charge in [-0.1, -0.05) is 19.4 Å². The molecule has 0 saturated carbocycles. The van der Waals surface area contributed by atoms with Crippen LogP contribution in [0.5, 0.6) is 0 Å². The molecule has 0 spiro atoms. The van der Waals surface area contributed by atoms with Crippen LogP contribution in [-0.4, -0.2) is 59.6 Å². The minimum absolute atomic E-state index is 0.0858. The van der Waals surface area contributed by atoms with E-state index in [2.05, 4.69) is 18.7 Å². The van der Waals surface area contributed by atoms with Crippen LogP contribution >= 0.6 is 0 Å². The average Bonchev–Trinajstić information content (AvgIpc) is 2.46. The fourth-order valence-corrected chi connectivity index (χ4v) is 2.97. The van der Waals surface area contributed by atoms with E-state index >= 15 is 0 Å². The predicted molar refractivity (Wildman–Crippen MR) is 89.2 cm³/mol. The van der Waals surface area contributed by atoms with E-state index < -0.39 is 0 Å². The van der Waals surface area contributed by atoms with E-state index in [1.165, 1.54) is 5.56 Å². The summed E-state index contributed by atoms with van der Waals surface area (Å²) in [4.78, 5) is 16.8. The number of aliphatic hydroxyl groups excluding tert-OH is 1. The second-order valence-corrected chi connectivity index (χ2v) is 6.53. The molecule has 0 unspecified atom stereocenters. The summed E-state index contributed by atoms with van der Waals surface area (Å²) in [6, 6.07) is 6.10. The van der Waals surface area contributed by atoms with Gasteiger partial charge in [0.05, 0.1) is 6.10 Å². The van der Waals surface area contributed by atoms with Crippen LogP contribution in [-0.2, 0) is 0 Å². The third kappa shape index (κ3) is 3.87. The Balaban J connectivity index is 2.05. The minimum atomic E-state index is -0.192. The third-order valence-corrected chi connectivity index (χ3v) is 4.65. The molecule has 4 heteroatoms. The first-order chi connectivity index (χ1) is 10.4. The number of carbonyl (C=O) groups is 1. The van der Waals surface area contributed by atoms with E-state index in [9.17, 15) is 9.90 Å². The van der Waals surface area contributed by atoms with Crippen LogP contribution in [0.2, 0.25) is 0 Å². The number of rotatable bonds is 6. The summed E-state index contributed by atoms with van der Waals surface area (Å²) in [5, 5.41) is 9.42. The van der Waals surface area contributed by atoms with E-state index in [4.69, 9.17) is 0 Å². The van der Waals surface area contributed by atoms with Gasteiger partial charge in [0, 0.05) is 38.3 Å². The number of β-amino-alcohol motifs (C(OH)–C–C–N with tert-alkyl or cyclic N) is 1. The molecule has 1 aromatic rings. The molecule has 1 N–H and O–H groups in total. The number of hydrogen-bond acceptors (Lipinski definition) is 3. The smallest absolute Gasteiger partial charge is 0.253 e. The number of aliphatic hydroxyl groups is 1. The van der Waals surface area contributed by atoms with Crippen molar-refractivity contribution in [2.45, 2.75) is 45.8 Å². The zero-order valence-corrected chi connectivity index (χ0v) is 14.2. The Morgan fingerprint density at radius 3 is 2.59 bits per heavy atom. The molecule has 1 aromatic carbocycles. The standard InChI is InChI=1S/C18H28N2O2/c1-5-6-16(10-20-11-17(21)12-20)19(4)18(22)15-8-7-13(2)14(3)9-15/h7-9,16-17,21H,5-6,10-12H2,1-4H3/t16-/m0/s1. The first-order valence-electron chi connectivity index (χ1n) is 8.17. The average molecular weight is 304 g/mol. The van der Waals surface area contributed by atoms with Crippen molar-refractivity contribution in [2.24, 2.45) is 0 Å². The van der Waals surface area contributed by atoms with Crippen LogP contribution < -0.4 is 0 Å². The quantitative estimate of drug-likeness (QED) is 0.876. The van der Waals surface area contributed by atoms with Crippen LogP contribution in [0.15, 0.2) is 18.2 Å². The van der Waals surface area contributed by atoms with Crippen molar-refractivity contribution in [1.29, 1.82) is 0 Å². The first kappa shape index (κ1) is 17.0. The van der Waals surface area contributed by atoms with E-state index in [0.717, 1.165) is 43.6 Å². The highest BCUT2D eigenvalue weighted by Gasteiger charge is 2.29. The Morgan fingerprint density at radius 1 is 1.36 bits per heavy atom. The lowest BCUT2D eigenvalue weighted by atomic mass is 10.0. The zero-order valence-electron chi connectivity index (χ0n) is 14.2. The SMILES string of the molecule is CCC[C@@H](CN1CC(O)C1)N(C)C(=O)c1ccc(C)c(C)c1. The molecule has 1 aliphatic rings. The lowest BCUT2D eigenvalue weighted by molar-refractivity contribution is -0.0113. The van der Waals surface area contributed by atoms with Gasteiger partial charge in [0.1, 0.15) is 0 Å². The maximum atomic E-state index is 12.7. The highest BCUT2D eigenvalue weighted by molar-refractivity contribution is 5.94. The van der Waals surface area contributed by atoms with Crippen molar-refractivity contribution >= 4 is 5.91 Å². The molecule has 1 saturated heterocycles. The summed E-state index contributed by atoms with van der Waals surface area (Å²) in [6.45, 7) is 8.54. The van der Waals surface area contributed by atoms with Crippen molar-refractivity contribution in [3.8, 4) is 0 Å². The maximum Gasteiger partial charge on any atom is 0.253 e. The van der Waals surface area contributed by atoms with Crippen LogP contribution in [0, 0.1) is 13.8 Å². The van der Waals surface area contributed by atoms with Gasteiger partial charge in [0.15, 0.2) is 0 Å². The molecule has 0 aliphatic carbocycles. The van der Waals surface area contributed by atoms with Crippen molar-refractivity contribution in [2.75, 3.05) is 26.7 Å². The number of nitrogens with zero attached hydrogens (tertiary/aromatic N) is 2. The summed E-state index contributed by atoms with van der Waals surface area (Å²) >= 11 is 0. The molecule has 0 radical (unpaired) electrons. The Hall–Kier alpha value is -1.39. The molecule has 4 nitrogen and oxygen atoms in total. The molecule has 122 valence electrons. The summed E-state index contributed by atoms with van der Waals surface area (Å²) in [5.74, 6) is 0.0858. The second kappa shape index (κ2) is 7.25. The predicted octanol–water partition coefficient (Wildman–Crippen LogP) is 2.22. The molecule has 1 heterocycles. The summed E-state index contributed by atoms with van der Waals surface area (Å²) in [7, 11) is 1.90. The number of hydrogen-bond donors (Lipinski definition) is 1. The van der Waals surface area contributed by atoms with Gasteiger partial charge < -0.3 is 10.0 Å². The Bertz CT molecular complexity index is 524. The van der Waals surface area contributed by atoms with Crippen LogP contribution in [0.1, 0.15) is 41.3 Å². The molecule has 2 rings (SSSR count). The third-order valence-electron chi connectivity index (χ3n) is 4.65. The maximum absolute atomic E-state index is 12.7. The molecule has 22 heavy (non-hydrogen) atoms. The number of likely N-dealkylation sites (N-methyl/N-ethyl adjacent to an activating group) is 1. The largest absolute Gasteiger partial charge is 0.390 e. The highest BCUT2D eigenvalue weighted by atomic mass is 16.3. The zero-order chi connectivity index (χ0) is 16.3. The van der Waals surface area contributed by atoms with Gasteiger partial charge >= 0.3 is 0 Å². The Labute approximate surface area is 133 Å². The molecule has 1 atom stereocenters. The number of carbonyl (C=O) groups excluding carboxylic acids is 1. The molecule has 1 fully saturated rings. The molecule has 0 bridgehead atoms. The minimum Gasteiger partial charge on any atom is -0.390 e. The lowest BCUT2D eigenvalue weighted by Gasteiger charge is -2.40. The summed E-state index contributed by atoms with van der Waals surface area (Å²) in [6.07, 6.45) is 1.84. The second-order valence-electron chi connectivity index (χ2n) is 6.53. The topological polar surface area (TPSA) is 43.8 Å². The number of aryl methyl sites for hydroxylation is 2. The van der Waals surface area contributed by atoms with Crippen molar-refractivity contribution in [1.82, 2.24) is 9.80 Å². The first-order valence-corrected chi connectivity index (χ1v) is 8.17. The Kier molecular flexibility index (Phi) is 5.59. The van der Waals surface area contributed by atoms with Crippen molar-refractivity contribution < 1.29 is 9.90 Å². The molecular formula is C18H28N2O2. The fourth-order valence-electron chi connectivity index (χ4n) is 2.97. The number of likely N-dealkylation sites (tertiary alicyclic amines) is 1. The molecule has 1 aliphatic heterocycles. The summed E-state index contributed by atoms with van der Waals surface area (Å²) < 4.78 is 0. The number of amides is 1. The van der Waals surface area contributed by atoms with Crippen LogP contribution in [0.4, 0.5) is 0 Å². The van der Waals surface area contributed by atoms with Gasteiger partial charge in [-0.2, -0.15) is 0 Å². The van der Waals surface area contributed by atoms with E-state index in [1.807, 2.05) is 37.1 Å². The monoisotopic (exact) mass is 304 g/mol. The van der Waals surface area contributed by atoms with Gasteiger partial charge in [-0.3, -0.25) is 9.69 Å². The molecular weight excluding hydrogens is 276 g/mol. The molecule has 0 aromatic heterocycles. The lowest BCUT2D eigenvalue weighted by Crippen LogP contribution is -2.55. The van der Waals surface area contributed by atoms with E-state index in [-0.39, 0.29) is 18.1 Å². The van der Waals surface area contributed by atoms with Gasteiger partial charge in [0.2, 0.25) is 0 Å². The number of benzene rings is 1. The van der Waals surface area contributed by atoms with E-state index in [0.29, 0.717) is 0 Å². The van der Waals surface area contributed by atoms with Gasteiger partial charge in [-0.25, -0.2) is 0 Å². The molecule has 1 amide bonds. The van der Waals surface area contributed by atoms with Gasteiger partial charge in [-0.15, -0.1) is 0 Å². The van der Waals surface area contributed by atoms with Crippen LogP contribution in [0.25, 0.3) is 0 Å². The van der Waals surface area contributed by atoms with E-state index in [1.54, 1.807) is 0 Å².